The van der Waals surface area contributed by atoms with E-state index in [1.165, 1.54) is 23.5 Å². The summed E-state index contributed by atoms with van der Waals surface area (Å²) in [5.41, 5.74) is 0.633. The summed E-state index contributed by atoms with van der Waals surface area (Å²) >= 11 is 1.44. The van der Waals surface area contributed by atoms with E-state index in [1.807, 2.05) is 6.07 Å². The van der Waals surface area contributed by atoms with Crippen LogP contribution < -0.4 is 5.32 Å². The lowest BCUT2D eigenvalue weighted by Crippen LogP contribution is -2.16. The van der Waals surface area contributed by atoms with Gasteiger partial charge >= 0.3 is 0 Å². The number of thiophene rings is 1. The van der Waals surface area contributed by atoms with Crippen LogP contribution >= 0.6 is 11.3 Å². The number of benzene rings is 1. The van der Waals surface area contributed by atoms with Crippen molar-refractivity contribution in [3.8, 4) is 6.07 Å². The summed E-state index contributed by atoms with van der Waals surface area (Å²) < 4.78 is 25.9. The molecule has 0 saturated heterocycles. The molecule has 5 heteroatoms. The highest BCUT2D eigenvalue weighted by Crippen LogP contribution is 2.14. The first-order valence-corrected chi connectivity index (χ1v) is 6.63. The molecular weight excluding hydrogens is 266 g/mol. The van der Waals surface area contributed by atoms with E-state index in [-0.39, 0.29) is 0 Å². The number of hydrogen-bond acceptors (Lipinski definition) is 3. The molecule has 0 fully saturated rings. The van der Waals surface area contributed by atoms with Crippen molar-refractivity contribution >= 4 is 11.3 Å². The molecule has 1 N–H and O–H groups in total. The molecular formula is C14H12F2N2S. The van der Waals surface area contributed by atoms with E-state index in [9.17, 15) is 8.78 Å². The Labute approximate surface area is 114 Å². The topological polar surface area (TPSA) is 35.8 Å². The van der Waals surface area contributed by atoms with Crippen molar-refractivity contribution in [1.82, 2.24) is 5.32 Å². The Hall–Kier alpha value is -1.77. The minimum absolute atomic E-state index is 0.549. The van der Waals surface area contributed by atoms with Crippen LogP contribution in [0.25, 0.3) is 0 Å². The Morgan fingerprint density at radius 1 is 1.16 bits per heavy atom. The highest BCUT2D eigenvalue weighted by atomic mass is 32.1. The zero-order valence-corrected chi connectivity index (χ0v) is 10.9. The third-order valence-electron chi connectivity index (χ3n) is 2.58. The van der Waals surface area contributed by atoms with Gasteiger partial charge in [-0.1, -0.05) is 0 Å². The van der Waals surface area contributed by atoms with Crippen LogP contribution in [-0.4, -0.2) is 6.54 Å². The van der Waals surface area contributed by atoms with Gasteiger partial charge in [-0.05, 0) is 42.8 Å². The number of hydrogen-bond donors (Lipinski definition) is 1. The van der Waals surface area contributed by atoms with Crippen LogP contribution in [-0.2, 0) is 13.0 Å². The van der Waals surface area contributed by atoms with E-state index in [1.54, 1.807) is 6.07 Å². The molecule has 1 aromatic carbocycles. The second-order valence-electron chi connectivity index (χ2n) is 4.08. The fourth-order valence-corrected chi connectivity index (χ4v) is 2.51. The molecule has 0 radical (unpaired) electrons. The minimum atomic E-state index is -0.549. The molecule has 0 spiro atoms. The quantitative estimate of drug-likeness (QED) is 0.852. The molecule has 2 aromatic rings. The monoisotopic (exact) mass is 278 g/mol. The van der Waals surface area contributed by atoms with Crippen molar-refractivity contribution < 1.29 is 8.78 Å². The Morgan fingerprint density at radius 2 is 1.89 bits per heavy atom. The van der Waals surface area contributed by atoms with Gasteiger partial charge in [-0.25, -0.2) is 8.78 Å². The lowest BCUT2D eigenvalue weighted by Gasteiger charge is -2.04. The predicted octanol–water partition coefficient (Wildman–Crippen LogP) is 3.23. The number of nitriles is 1. The molecule has 0 amide bonds. The lowest BCUT2D eigenvalue weighted by molar-refractivity contribution is 0.577. The molecule has 0 atom stereocenters. The number of nitrogens with one attached hydrogen (secondary N) is 1. The zero-order valence-electron chi connectivity index (χ0n) is 10.1. The zero-order chi connectivity index (χ0) is 13.7. The van der Waals surface area contributed by atoms with Crippen molar-refractivity contribution in [1.29, 1.82) is 5.26 Å². The number of rotatable bonds is 5. The van der Waals surface area contributed by atoms with Crippen LogP contribution in [0.3, 0.4) is 0 Å². The Kier molecular flexibility index (Phi) is 4.61. The third kappa shape index (κ3) is 4.12. The van der Waals surface area contributed by atoms with Crippen LogP contribution in [0.1, 0.15) is 15.3 Å². The van der Waals surface area contributed by atoms with Gasteiger partial charge in [0, 0.05) is 17.5 Å². The van der Waals surface area contributed by atoms with Gasteiger partial charge in [0.05, 0.1) is 0 Å². The molecule has 0 bridgehead atoms. The Balaban J connectivity index is 1.79. The first-order chi connectivity index (χ1) is 9.17. The minimum Gasteiger partial charge on any atom is -0.312 e. The van der Waals surface area contributed by atoms with Gasteiger partial charge in [0.15, 0.2) is 0 Å². The number of halogens is 2. The van der Waals surface area contributed by atoms with E-state index in [0.717, 1.165) is 10.9 Å². The Bertz CT molecular complexity index is 581. The van der Waals surface area contributed by atoms with E-state index >= 15 is 0 Å². The molecule has 0 aliphatic rings. The first-order valence-electron chi connectivity index (χ1n) is 5.82. The fraction of sp³-hybridized carbons (Fsp3) is 0.214. The molecule has 0 aliphatic heterocycles. The second-order valence-corrected chi connectivity index (χ2v) is 5.25. The Morgan fingerprint density at radius 3 is 2.53 bits per heavy atom. The smallest absolute Gasteiger partial charge is 0.126 e. The summed E-state index contributed by atoms with van der Waals surface area (Å²) in [6.07, 6.45) is 0.561. The highest BCUT2D eigenvalue weighted by molar-refractivity contribution is 7.12. The van der Waals surface area contributed by atoms with Gasteiger partial charge in [-0.3, -0.25) is 0 Å². The lowest BCUT2D eigenvalue weighted by atomic mass is 10.1. The van der Waals surface area contributed by atoms with Gasteiger partial charge in [0.1, 0.15) is 22.6 Å². The molecule has 2 rings (SSSR count). The maximum atomic E-state index is 13.0. The first kappa shape index (κ1) is 13.7. The summed E-state index contributed by atoms with van der Waals surface area (Å²) in [7, 11) is 0. The standard InChI is InChI=1S/C14H12F2N2S/c15-11-5-10(6-12(16)7-11)3-4-18-9-14-2-1-13(8-17)19-14/h1-2,5-7,18H,3-4,9H2. The van der Waals surface area contributed by atoms with Gasteiger partial charge < -0.3 is 5.32 Å². The SMILES string of the molecule is N#Cc1ccc(CNCCc2cc(F)cc(F)c2)s1. The van der Waals surface area contributed by atoms with Crippen LogP contribution in [0.5, 0.6) is 0 Å². The van der Waals surface area contributed by atoms with Gasteiger partial charge in [0.2, 0.25) is 0 Å². The van der Waals surface area contributed by atoms with E-state index in [4.69, 9.17) is 5.26 Å². The van der Waals surface area contributed by atoms with E-state index in [2.05, 4.69) is 11.4 Å². The summed E-state index contributed by atoms with van der Waals surface area (Å²) in [4.78, 5) is 1.76. The van der Waals surface area contributed by atoms with Crippen molar-refractivity contribution in [2.24, 2.45) is 0 Å². The molecule has 0 unspecified atom stereocenters. The maximum Gasteiger partial charge on any atom is 0.126 e. The summed E-state index contributed by atoms with van der Waals surface area (Å²) in [5.74, 6) is -1.10. The van der Waals surface area contributed by atoms with E-state index < -0.39 is 11.6 Å². The van der Waals surface area contributed by atoms with Crippen LogP contribution in [0.2, 0.25) is 0 Å². The largest absolute Gasteiger partial charge is 0.312 e. The second kappa shape index (κ2) is 6.41. The van der Waals surface area contributed by atoms with Gasteiger partial charge in [0.25, 0.3) is 0 Å². The summed E-state index contributed by atoms with van der Waals surface area (Å²) in [6, 6.07) is 9.31. The fourth-order valence-electron chi connectivity index (χ4n) is 1.73. The highest BCUT2D eigenvalue weighted by Gasteiger charge is 2.01. The van der Waals surface area contributed by atoms with Gasteiger partial charge in [-0.2, -0.15) is 5.26 Å². The molecule has 0 aliphatic carbocycles. The number of nitrogens with zero attached hydrogens (tertiary/aromatic N) is 1. The van der Waals surface area contributed by atoms with Crippen LogP contribution in [0.15, 0.2) is 30.3 Å². The van der Waals surface area contributed by atoms with Gasteiger partial charge in [-0.15, -0.1) is 11.3 Å². The van der Waals surface area contributed by atoms with Crippen LogP contribution in [0.4, 0.5) is 8.78 Å². The average molecular weight is 278 g/mol. The van der Waals surface area contributed by atoms with E-state index in [0.29, 0.717) is 30.0 Å². The van der Waals surface area contributed by atoms with Crippen molar-refractivity contribution in [2.45, 2.75) is 13.0 Å². The van der Waals surface area contributed by atoms with Crippen molar-refractivity contribution in [3.63, 3.8) is 0 Å². The van der Waals surface area contributed by atoms with Crippen molar-refractivity contribution in [2.75, 3.05) is 6.54 Å². The molecule has 1 aromatic heterocycles. The molecule has 2 nitrogen and oxygen atoms in total. The molecule has 98 valence electrons. The predicted molar refractivity (Wildman–Crippen MR) is 70.8 cm³/mol. The van der Waals surface area contributed by atoms with Crippen molar-refractivity contribution in [3.05, 3.63) is 57.3 Å². The molecule has 0 saturated carbocycles. The molecule has 1 heterocycles. The summed E-state index contributed by atoms with van der Waals surface area (Å²) in [5, 5.41) is 11.9. The summed E-state index contributed by atoms with van der Waals surface area (Å²) in [6.45, 7) is 1.28. The molecule has 19 heavy (non-hydrogen) atoms. The average Bonchev–Trinajstić information content (AvgIpc) is 2.81. The van der Waals surface area contributed by atoms with Crippen LogP contribution in [0, 0.1) is 23.0 Å². The normalized spacial score (nSPS) is 10.4. The third-order valence-corrected chi connectivity index (χ3v) is 3.57. The maximum absolute atomic E-state index is 13.0.